The van der Waals surface area contributed by atoms with Crippen molar-refractivity contribution < 1.29 is 9.21 Å². The number of carbonyl (C=O) groups excluding carboxylic acids is 1. The van der Waals surface area contributed by atoms with E-state index in [0.717, 1.165) is 32.8 Å². The van der Waals surface area contributed by atoms with E-state index in [1.807, 2.05) is 26.0 Å². The van der Waals surface area contributed by atoms with Gasteiger partial charge in [0, 0.05) is 10.9 Å². The largest absolute Gasteiger partial charge is 0.467 e. The molecule has 3 aromatic rings. The fourth-order valence-corrected chi connectivity index (χ4v) is 3.79. The zero-order valence-corrected chi connectivity index (χ0v) is 14.3. The molecule has 0 unspecified atom stereocenters. The van der Waals surface area contributed by atoms with Crippen LogP contribution in [-0.4, -0.2) is 21.9 Å². The zero-order valence-electron chi connectivity index (χ0n) is 13.5. The van der Waals surface area contributed by atoms with E-state index in [1.165, 1.54) is 0 Å². The Morgan fingerprint density at radius 1 is 1.46 bits per heavy atom. The summed E-state index contributed by atoms with van der Waals surface area (Å²) in [5, 5.41) is 3.21. The monoisotopic (exact) mass is 345 g/mol. The number of aryl methyl sites for hydroxylation is 1. The van der Waals surface area contributed by atoms with Gasteiger partial charge >= 0.3 is 0 Å². The van der Waals surface area contributed by atoms with Crippen molar-refractivity contribution >= 4 is 33.3 Å². The first-order valence-corrected chi connectivity index (χ1v) is 8.39. The highest BCUT2D eigenvalue weighted by atomic mass is 32.1. The standard InChI is InChI=1S/C16H19N5O2S/c1-8(17)6-11-9(2)12-13(24-11)15(21-16(20-12)14(18)22)19-7-10-4-3-5-23-10/h3-5,8H,6-7,17H2,1-2H3,(H2,18,22)(H,19,20,21)/t8-/m0/s1. The predicted octanol–water partition coefficient (Wildman–Crippen LogP) is 2.19. The molecule has 3 aromatic heterocycles. The second-order valence-electron chi connectivity index (χ2n) is 5.70. The van der Waals surface area contributed by atoms with E-state index in [-0.39, 0.29) is 11.9 Å². The molecule has 1 atom stereocenters. The molecule has 0 aliphatic carbocycles. The quantitative estimate of drug-likeness (QED) is 0.630. The third-order valence-corrected chi connectivity index (χ3v) is 4.91. The van der Waals surface area contributed by atoms with E-state index < -0.39 is 5.91 Å². The SMILES string of the molecule is Cc1c(C[C@H](C)N)sc2c(NCc3ccco3)nc(C(N)=O)nc12. The predicted molar refractivity (Wildman–Crippen MR) is 94.1 cm³/mol. The molecule has 0 bridgehead atoms. The molecule has 5 N–H and O–H groups in total. The van der Waals surface area contributed by atoms with Crippen LogP contribution < -0.4 is 16.8 Å². The third-order valence-electron chi connectivity index (χ3n) is 3.60. The van der Waals surface area contributed by atoms with Gasteiger partial charge in [0.2, 0.25) is 5.82 Å². The van der Waals surface area contributed by atoms with Crippen LogP contribution in [0.4, 0.5) is 5.82 Å². The Morgan fingerprint density at radius 3 is 2.88 bits per heavy atom. The Labute approximate surface area is 143 Å². The second kappa shape index (κ2) is 6.58. The van der Waals surface area contributed by atoms with E-state index in [2.05, 4.69) is 15.3 Å². The minimum atomic E-state index is -0.655. The van der Waals surface area contributed by atoms with Crippen molar-refractivity contribution in [1.29, 1.82) is 0 Å². The summed E-state index contributed by atoms with van der Waals surface area (Å²) in [6.45, 7) is 4.39. The Balaban J connectivity index is 2.05. The summed E-state index contributed by atoms with van der Waals surface area (Å²) in [4.78, 5) is 21.3. The summed E-state index contributed by atoms with van der Waals surface area (Å²) in [5.41, 5.74) is 13.0. The van der Waals surface area contributed by atoms with E-state index in [9.17, 15) is 4.79 Å². The maximum atomic E-state index is 11.6. The summed E-state index contributed by atoms with van der Waals surface area (Å²) >= 11 is 1.59. The molecule has 0 aromatic carbocycles. The summed E-state index contributed by atoms with van der Waals surface area (Å²) in [7, 11) is 0. The van der Waals surface area contributed by atoms with Crippen LogP contribution in [0.3, 0.4) is 0 Å². The molecule has 0 saturated heterocycles. The lowest BCUT2D eigenvalue weighted by Gasteiger charge is -2.06. The topological polar surface area (TPSA) is 120 Å². The number of thiophene rings is 1. The third kappa shape index (κ3) is 3.24. The molecule has 0 radical (unpaired) electrons. The van der Waals surface area contributed by atoms with E-state index in [0.29, 0.717) is 12.4 Å². The van der Waals surface area contributed by atoms with Crippen LogP contribution in [0, 0.1) is 6.92 Å². The normalized spacial score (nSPS) is 12.5. The van der Waals surface area contributed by atoms with Gasteiger partial charge in [0.15, 0.2) is 0 Å². The number of aromatic nitrogens is 2. The van der Waals surface area contributed by atoms with Gasteiger partial charge in [0.25, 0.3) is 5.91 Å². The van der Waals surface area contributed by atoms with Gasteiger partial charge in [-0.05, 0) is 38.0 Å². The Hall–Kier alpha value is -2.45. The molecule has 0 aliphatic heterocycles. The number of rotatable bonds is 6. The lowest BCUT2D eigenvalue weighted by atomic mass is 10.1. The van der Waals surface area contributed by atoms with Crippen molar-refractivity contribution in [2.45, 2.75) is 32.9 Å². The Kier molecular flexibility index (Phi) is 4.50. The number of primary amides is 1. The molecule has 3 heterocycles. The molecule has 126 valence electrons. The fraction of sp³-hybridized carbons (Fsp3) is 0.312. The number of anilines is 1. The van der Waals surface area contributed by atoms with Crippen molar-refractivity contribution in [3.63, 3.8) is 0 Å². The van der Waals surface area contributed by atoms with E-state index in [1.54, 1.807) is 17.6 Å². The average molecular weight is 345 g/mol. The molecule has 7 nitrogen and oxygen atoms in total. The van der Waals surface area contributed by atoms with Gasteiger partial charge in [0.1, 0.15) is 11.6 Å². The minimum absolute atomic E-state index is 0.00214. The van der Waals surface area contributed by atoms with Crippen molar-refractivity contribution in [1.82, 2.24) is 9.97 Å². The Morgan fingerprint density at radius 2 is 2.25 bits per heavy atom. The van der Waals surface area contributed by atoms with Crippen molar-refractivity contribution in [3.8, 4) is 0 Å². The summed E-state index contributed by atoms with van der Waals surface area (Å²) < 4.78 is 6.20. The number of hydrogen-bond acceptors (Lipinski definition) is 7. The highest BCUT2D eigenvalue weighted by molar-refractivity contribution is 7.19. The highest BCUT2D eigenvalue weighted by Crippen LogP contribution is 2.34. The first-order chi connectivity index (χ1) is 11.5. The van der Waals surface area contributed by atoms with Crippen LogP contribution in [0.1, 0.15) is 33.7 Å². The minimum Gasteiger partial charge on any atom is -0.467 e. The van der Waals surface area contributed by atoms with E-state index in [4.69, 9.17) is 15.9 Å². The molecule has 0 saturated carbocycles. The smallest absolute Gasteiger partial charge is 0.286 e. The van der Waals surface area contributed by atoms with Crippen LogP contribution in [0.25, 0.3) is 10.2 Å². The maximum absolute atomic E-state index is 11.6. The van der Waals surface area contributed by atoms with E-state index >= 15 is 0 Å². The van der Waals surface area contributed by atoms with Crippen molar-refractivity contribution in [2.24, 2.45) is 11.5 Å². The van der Waals surface area contributed by atoms with Gasteiger partial charge in [-0.1, -0.05) is 0 Å². The van der Waals surface area contributed by atoms with Crippen LogP contribution in [0.15, 0.2) is 22.8 Å². The van der Waals surface area contributed by atoms with Gasteiger partial charge in [-0.3, -0.25) is 4.79 Å². The van der Waals surface area contributed by atoms with Gasteiger partial charge in [-0.25, -0.2) is 9.97 Å². The molecule has 24 heavy (non-hydrogen) atoms. The number of hydrogen-bond donors (Lipinski definition) is 3. The van der Waals surface area contributed by atoms with Crippen LogP contribution in [0.2, 0.25) is 0 Å². The highest BCUT2D eigenvalue weighted by Gasteiger charge is 2.18. The second-order valence-corrected chi connectivity index (χ2v) is 6.81. The molecular formula is C16H19N5O2S. The molecule has 0 fully saturated rings. The summed E-state index contributed by atoms with van der Waals surface area (Å²) in [6.07, 6.45) is 2.35. The van der Waals surface area contributed by atoms with Gasteiger partial charge in [0.05, 0.1) is 23.0 Å². The van der Waals surface area contributed by atoms with Crippen LogP contribution in [-0.2, 0) is 13.0 Å². The molecular weight excluding hydrogens is 326 g/mol. The molecule has 0 aliphatic rings. The fourth-order valence-electron chi connectivity index (χ4n) is 2.43. The number of fused-ring (bicyclic) bond motifs is 1. The number of furan rings is 1. The van der Waals surface area contributed by atoms with Gasteiger partial charge in [-0.15, -0.1) is 11.3 Å². The average Bonchev–Trinajstić information content (AvgIpc) is 3.14. The molecule has 3 rings (SSSR count). The van der Waals surface area contributed by atoms with Crippen molar-refractivity contribution in [2.75, 3.05) is 5.32 Å². The Bertz CT molecular complexity index is 870. The lowest BCUT2D eigenvalue weighted by molar-refractivity contribution is 0.0991. The summed E-state index contributed by atoms with van der Waals surface area (Å²) in [5.74, 6) is 0.690. The number of nitrogens with one attached hydrogen (secondary N) is 1. The van der Waals surface area contributed by atoms with Gasteiger partial charge in [-0.2, -0.15) is 0 Å². The summed E-state index contributed by atoms with van der Waals surface area (Å²) in [6, 6.07) is 3.72. The van der Waals surface area contributed by atoms with Crippen molar-refractivity contribution in [3.05, 3.63) is 40.4 Å². The zero-order chi connectivity index (χ0) is 17.3. The number of amides is 1. The number of nitrogens with two attached hydrogens (primary N) is 2. The number of nitrogens with zero attached hydrogens (tertiary/aromatic N) is 2. The first kappa shape index (κ1) is 16.4. The van der Waals surface area contributed by atoms with Gasteiger partial charge < -0.3 is 21.2 Å². The lowest BCUT2D eigenvalue weighted by Crippen LogP contribution is -2.17. The molecule has 1 amide bonds. The maximum Gasteiger partial charge on any atom is 0.286 e. The van der Waals surface area contributed by atoms with Crippen LogP contribution in [0.5, 0.6) is 0 Å². The molecule has 0 spiro atoms. The molecule has 8 heteroatoms. The number of carbonyl (C=O) groups is 1. The van der Waals surface area contributed by atoms with Crippen LogP contribution >= 0.6 is 11.3 Å². The first-order valence-electron chi connectivity index (χ1n) is 7.57.